The summed E-state index contributed by atoms with van der Waals surface area (Å²) < 4.78 is 21.6. The second-order valence-electron chi connectivity index (χ2n) is 11.2. The van der Waals surface area contributed by atoms with Crippen molar-refractivity contribution in [1.82, 2.24) is 0 Å². The number of carboxylic acid groups (broad SMARTS) is 1. The predicted molar refractivity (Wildman–Crippen MR) is 156 cm³/mol. The first-order valence-corrected chi connectivity index (χ1v) is 14.2. The van der Waals surface area contributed by atoms with Crippen molar-refractivity contribution in [2.75, 3.05) is 13.2 Å². The van der Waals surface area contributed by atoms with Crippen LogP contribution in [-0.4, -0.2) is 118 Å². The van der Waals surface area contributed by atoms with Crippen molar-refractivity contribution < 1.29 is 92.0 Å². The molecule has 48 heavy (non-hydrogen) atoms. The number of aliphatic carboxylic acids is 1. The van der Waals surface area contributed by atoms with E-state index >= 15 is 0 Å². The van der Waals surface area contributed by atoms with Crippen LogP contribution in [0.1, 0.15) is 0 Å². The summed E-state index contributed by atoms with van der Waals surface area (Å²) in [5.74, 6) is -3.38. The molecule has 0 saturated carbocycles. The molecule has 0 bridgehead atoms. The van der Waals surface area contributed by atoms with E-state index in [2.05, 4.69) is 0 Å². The number of phenols is 3. The van der Waals surface area contributed by atoms with E-state index in [4.69, 9.17) is 18.6 Å². The third-order valence-electron chi connectivity index (χ3n) is 8.11. The van der Waals surface area contributed by atoms with Gasteiger partial charge in [0.1, 0.15) is 52.7 Å². The first-order valence-electron chi connectivity index (χ1n) is 14.2. The van der Waals surface area contributed by atoms with Crippen molar-refractivity contribution in [2.45, 2.75) is 42.6 Å². The monoisotopic (exact) mass is 696 g/mol. The van der Waals surface area contributed by atoms with Gasteiger partial charge in [-0.25, -0.2) is 9.21 Å². The molecule has 1 saturated heterocycles. The minimum atomic E-state index is -1.85. The molecule has 3 aromatic rings. The summed E-state index contributed by atoms with van der Waals surface area (Å²) in [5, 5.41) is 107. The summed E-state index contributed by atoms with van der Waals surface area (Å²) in [6.45, 7) is -1.40. The number of ether oxygens (including phenoxy) is 3. The Kier molecular flexibility index (Phi) is 11.0. The zero-order valence-corrected chi connectivity index (χ0v) is 25.4. The largest absolute Gasteiger partial charge is 1.00 e. The van der Waals surface area contributed by atoms with Gasteiger partial charge in [0.15, 0.2) is 6.29 Å². The number of aliphatic hydroxyl groups excluding tert-OH is 5. The van der Waals surface area contributed by atoms with Gasteiger partial charge >= 0.3 is 17.3 Å². The number of carbonyl (C=O) groups is 1. The van der Waals surface area contributed by atoms with E-state index in [1.807, 2.05) is 0 Å². The van der Waals surface area contributed by atoms with Crippen molar-refractivity contribution in [3.63, 3.8) is 0 Å². The van der Waals surface area contributed by atoms with Gasteiger partial charge in [-0.05, 0) is 24.3 Å². The van der Waals surface area contributed by atoms with Crippen LogP contribution in [0.2, 0.25) is 0 Å². The molecule has 1 fully saturated rings. The molecule has 9 atom stereocenters. The molecule has 3 aliphatic rings. The lowest BCUT2D eigenvalue weighted by Gasteiger charge is -2.44. The van der Waals surface area contributed by atoms with Gasteiger partial charge in [0.25, 0.3) is 0 Å². The van der Waals surface area contributed by atoms with Crippen LogP contribution in [0.3, 0.4) is 0 Å². The van der Waals surface area contributed by atoms with Crippen LogP contribution in [0.15, 0.2) is 70.9 Å². The Morgan fingerprint density at radius 1 is 0.896 bits per heavy atom. The van der Waals surface area contributed by atoms with Gasteiger partial charge < -0.3 is 82.8 Å². The van der Waals surface area contributed by atoms with Crippen LogP contribution in [0.25, 0.3) is 22.3 Å². The Bertz CT molecular complexity index is 1680. The maximum absolute atomic E-state index is 11.4. The first kappa shape index (κ1) is 36.6. The van der Waals surface area contributed by atoms with Gasteiger partial charge in [0.05, 0.1) is 42.6 Å². The van der Waals surface area contributed by atoms with Crippen LogP contribution < -0.4 is 12.4 Å². The molecule has 6 rings (SSSR count). The predicted octanol–water partition coefficient (Wildman–Crippen LogP) is -3.14. The Morgan fingerprint density at radius 2 is 1.58 bits per heavy atom. The van der Waals surface area contributed by atoms with Crippen molar-refractivity contribution in [3.8, 4) is 34.3 Å². The van der Waals surface area contributed by atoms with Crippen molar-refractivity contribution in [2.24, 2.45) is 11.8 Å². The molecule has 2 aromatic carbocycles. The highest BCUT2D eigenvalue weighted by Crippen LogP contribution is 2.45. The molecule has 2 aliphatic heterocycles. The average Bonchev–Trinajstić information content (AvgIpc) is 3.40. The van der Waals surface area contributed by atoms with Gasteiger partial charge in [-0.3, -0.25) is 0 Å². The number of phenolic OH excluding ortho intramolecular Hbond substituents is 3. The minimum Gasteiger partial charge on any atom is -1.00 e. The molecule has 16 nitrogen and oxygen atoms in total. The highest BCUT2D eigenvalue weighted by Gasteiger charge is 2.55. The molecule has 3 heterocycles. The summed E-state index contributed by atoms with van der Waals surface area (Å²) in [7, 11) is 0. The summed E-state index contributed by atoms with van der Waals surface area (Å²) >= 11 is 0. The topological polar surface area (TPSA) is 279 Å². The average molecular weight is 697 g/mol. The molecule has 0 spiro atoms. The number of aromatic hydroxyl groups is 4. The zero-order chi connectivity index (χ0) is 34.2. The van der Waals surface area contributed by atoms with E-state index in [9.17, 15) is 61.0 Å². The summed E-state index contributed by atoms with van der Waals surface area (Å²) in [6.07, 6.45) is -5.48. The van der Waals surface area contributed by atoms with Gasteiger partial charge in [-0.2, -0.15) is 0 Å². The summed E-state index contributed by atoms with van der Waals surface area (Å²) in [5.41, 5.74) is -1.21. The van der Waals surface area contributed by atoms with Crippen molar-refractivity contribution in [3.05, 3.63) is 66.5 Å². The van der Waals surface area contributed by atoms with Crippen LogP contribution in [-0.2, 0) is 19.0 Å². The molecule has 17 heteroatoms. The van der Waals surface area contributed by atoms with Crippen molar-refractivity contribution in [1.29, 1.82) is 0 Å². The quantitative estimate of drug-likeness (QED) is 0.0897. The molecule has 1 aliphatic carbocycles. The van der Waals surface area contributed by atoms with E-state index in [-0.39, 0.29) is 52.3 Å². The van der Waals surface area contributed by atoms with Gasteiger partial charge in [0.2, 0.25) is 12.0 Å². The highest BCUT2D eigenvalue weighted by molar-refractivity contribution is 5.88. The lowest BCUT2D eigenvalue weighted by molar-refractivity contribution is -0.346. The standard InChI is InChI=1S/C16H22O11.C15H10O5.ClH/c17-3-8-10(19)11(20)12(21)15(26-8)27-14-9-6(1-2-16(9,24)5-18)7(4-25-14)13(22)23;16-9-3-1-8(2-4-9)15-13(19)7-11-12(18)5-10(17)6-14(11)20-15;/h1-2,4,6,8-12,14-15,17-21,24H,3,5H2,(H,22,23);1-7H,(H3-,16,17,18,19);1H/t6-,8-,9?,10-,11+,12-,14+,15+,16+;;/m1../s1. The Balaban J connectivity index is 0.000000221. The lowest BCUT2D eigenvalue weighted by Crippen LogP contribution is -3.00. The SMILES string of the molecule is O=C(O)C1=CO[C@@H](O[C@@H]2O[C@H](CO)[C@@H](O)[C@H](O)[C@H]2O)C2[C@@H]1C=C[C@]2(O)CO.Oc1ccc(-c2[o+]c3cc(O)cc(O)c3cc2O)cc1.[Cl-]. The Morgan fingerprint density at radius 3 is 2.21 bits per heavy atom. The fourth-order valence-electron chi connectivity index (χ4n) is 5.61. The molecular formula is C31H33ClO16. The molecule has 0 radical (unpaired) electrons. The summed E-state index contributed by atoms with van der Waals surface area (Å²) in [6, 6.07) is 9.97. The third kappa shape index (κ3) is 6.98. The van der Waals surface area contributed by atoms with Crippen LogP contribution >= 0.6 is 0 Å². The maximum atomic E-state index is 11.4. The maximum Gasteiger partial charge on any atom is 0.401 e. The zero-order valence-electron chi connectivity index (χ0n) is 24.6. The molecule has 260 valence electrons. The smallest absolute Gasteiger partial charge is 0.401 e. The third-order valence-corrected chi connectivity index (χ3v) is 8.11. The van der Waals surface area contributed by atoms with E-state index in [1.165, 1.54) is 36.4 Å². The number of rotatable bonds is 6. The van der Waals surface area contributed by atoms with Crippen LogP contribution in [0.4, 0.5) is 0 Å². The van der Waals surface area contributed by atoms with E-state index in [0.717, 1.165) is 12.3 Å². The number of hydrogen-bond donors (Lipinski definition) is 11. The number of carboxylic acids is 1. The van der Waals surface area contributed by atoms with E-state index < -0.39 is 73.6 Å². The fourth-order valence-corrected chi connectivity index (χ4v) is 5.61. The Hall–Kier alpha value is -4.23. The lowest BCUT2D eigenvalue weighted by atomic mass is 9.79. The number of allylic oxidation sites excluding steroid dienone is 1. The second kappa shape index (κ2) is 14.5. The minimum absolute atomic E-state index is 0. The fraction of sp³-hybridized carbons (Fsp3) is 0.355. The van der Waals surface area contributed by atoms with Crippen LogP contribution in [0.5, 0.6) is 23.0 Å². The second-order valence-corrected chi connectivity index (χ2v) is 11.2. The van der Waals surface area contributed by atoms with Gasteiger partial charge in [-0.15, -0.1) is 0 Å². The molecule has 11 N–H and O–H groups in total. The van der Waals surface area contributed by atoms with Crippen molar-refractivity contribution >= 4 is 16.9 Å². The number of fused-ring (bicyclic) bond motifs is 2. The number of hydrogen-bond acceptors (Lipinski definition) is 14. The van der Waals surface area contributed by atoms with Gasteiger partial charge in [-0.1, -0.05) is 12.2 Å². The highest BCUT2D eigenvalue weighted by atomic mass is 35.5. The van der Waals surface area contributed by atoms with E-state index in [1.54, 1.807) is 12.1 Å². The molecule has 0 amide bonds. The normalized spacial score (nSPS) is 30.7. The number of halogens is 1. The molecule has 1 unspecified atom stereocenters. The Labute approximate surface area is 277 Å². The van der Waals surface area contributed by atoms with E-state index in [0.29, 0.717) is 10.9 Å². The summed E-state index contributed by atoms with van der Waals surface area (Å²) in [4.78, 5) is 11.4. The molecule has 1 aromatic heterocycles. The number of benzene rings is 2. The van der Waals surface area contributed by atoms with Gasteiger partial charge in [0, 0.05) is 18.1 Å². The number of aliphatic hydroxyl groups is 6. The van der Waals surface area contributed by atoms with Crippen LogP contribution in [0, 0.1) is 11.8 Å². The molecular weight excluding hydrogens is 664 g/mol. The first-order chi connectivity index (χ1) is 22.3.